The monoisotopic (exact) mass is 294 g/mol. The Kier molecular flexibility index (Phi) is 7.65. The van der Waals surface area contributed by atoms with Gasteiger partial charge in [0.2, 0.25) is 0 Å². The molecule has 1 saturated heterocycles. The highest BCUT2D eigenvalue weighted by Gasteiger charge is 2.26. The highest BCUT2D eigenvalue weighted by atomic mass is 15.2. The molecule has 0 aromatic carbocycles. The first-order valence-corrected chi connectivity index (χ1v) is 8.44. The summed E-state index contributed by atoms with van der Waals surface area (Å²) in [6.45, 7) is 9.83. The molecule has 1 heterocycles. The lowest BCUT2D eigenvalue weighted by atomic mass is 9.95. The number of likely N-dealkylation sites (tertiary alicyclic amines) is 1. The van der Waals surface area contributed by atoms with Gasteiger partial charge in [0.25, 0.3) is 0 Å². The van der Waals surface area contributed by atoms with Crippen molar-refractivity contribution in [2.45, 2.75) is 70.5 Å². The lowest BCUT2D eigenvalue weighted by Gasteiger charge is -2.28. The number of nitrogens with one attached hydrogen (secondary N) is 1. The Balaban J connectivity index is 2.28. The molecule has 0 aromatic heterocycles. The first-order valence-electron chi connectivity index (χ1n) is 8.44. The highest BCUT2D eigenvalue weighted by Crippen LogP contribution is 2.20. The van der Waals surface area contributed by atoms with Crippen LogP contribution in [0, 0.1) is 11.3 Å². The Morgan fingerprint density at radius 3 is 2.67 bits per heavy atom. The topological polar surface area (TPSA) is 42.3 Å². The predicted octanol–water partition coefficient (Wildman–Crippen LogP) is 2.46. The summed E-state index contributed by atoms with van der Waals surface area (Å²) in [5, 5.41) is 12.7. The van der Waals surface area contributed by atoms with E-state index in [1.54, 1.807) is 0 Å². The zero-order chi connectivity index (χ0) is 15.9. The van der Waals surface area contributed by atoms with Gasteiger partial charge in [0, 0.05) is 18.6 Å². The summed E-state index contributed by atoms with van der Waals surface area (Å²) in [4.78, 5) is 4.93. The number of unbranched alkanes of at least 4 members (excludes halogenated alkanes) is 1. The fraction of sp³-hybridized carbons (Fsp3) is 0.941. The molecule has 1 N–H and O–H groups in total. The summed E-state index contributed by atoms with van der Waals surface area (Å²) < 4.78 is 0. The first kappa shape index (κ1) is 18.4. The molecule has 122 valence electrons. The van der Waals surface area contributed by atoms with Crippen LogP contribution in [0.2, 0.25) is 0 Å². The van der Waals surface area contributed by atoms with Gasteiger partial charge in [-0.2, -0.15) is 5.26 Å². The molecule has 1 aliphatic heterocycles. The van der Waals surface area contributed by atoms with Gasteiger partial charge in [-0.1, -0.05) is 0 Å². The van der Waals surface area contributed by atoms with Gasteiger partial charge in [0.15, 0.2) is 0 Å². The molecule has 1 rings (SSSR count). The zero-order valence-electron chi connectivity index (χ0n) is 14.7. The van der Waals surface area contributed by atoms with E-state index in [2.05, 4.69) is 49.1 Å². The van der Waals surface area contributed by atoms with E-state index in [1.807, 2.05) is 6.92 Å². The molecule has 2 unspecified atom stereocenters. The standard InChI is InChI=1S/C17H34N4/c1-15(2)19-17(3,14-18)10-6-7-11-21-12-8-9-16(21)13-20(4)5/h15-16,19H,6-13H2,1-5H3. The van der Waals surface area contributed by atoms with Crippen molar-refractivity contribution in [1.29, 1.82) is 5.26 Å². The van der Waals surface area contributed by atoms with Crippen molar-refractivity contribution in [2.24, 2.45) is 0 Å². The van der Waals surface area contributed by atoms with Crippen LogP contribution < -0.4 is 5.32 Å². The lowest BCUT2D eigenvalue weighted by molar-refractivity contribution is 0.202. The summed E-state index contributed by atoms with van der Waals surface area (Å²) >= 11 is 0. The molecule has 0 aliphatic carbocycles. The maximum absolute atomic E-state index is 9.36. The maximum atomic E-state index is 9.36. The zero-order valence-corrected chi connectivity index (χ0v) is 14.7. The molecule has 0 saturated carbocycles. The van der Waals surface area contributed by atoms with Crippen molar-refractivity contribution >= 4 is 0 Å². The quantitative estimate of drug-likeness (QED) is 0.663. The largest absolute Gasteiger partial charge is 0.308 e. The predicted molar refractivity (Wildman–Crippen MR) is 89.3 cm³/mol. The second-order valence-corrected chi connectivity index (χ2v) is 7.29. The second kappa shape index (κ2) is 8.73. The number of rotatable bonds is 9. The van der Waals surface area contributed by atoms with Crippen molar-refractivity contribution in [3.8, 4) is 6.07 Å². The van der Waals surface area contributed by atoms with Crippen molar-refractivity contribution < 1.29 is 0 Å². The molecule has 4 nitrogen and oxygen atoms in total. The minimum atomic E-state index is -0.373. The van der Waals surface area contributed by atoms with Gasteiger partial charge in [-0.15, -0.1) is 0 Å². The van der Waals surface area contributed by atoms with Gasteiger partial charge in [0.1, 0.15) is 5.54 Å². The molecule has 21 heavy (non-hydrogen) atoms. The molecular formula is C17H34N4. The third kappa shape index (κ3) is 6.78. The van der Waals surface area contributed by atoms with E-state index in [0.29, 0.717) is 6.04 Å². The molecule has 0 radical (unpaired) electrons. The van der Waals surface area contributed by atoms with Crippen molar-refractivity contribution in [3.05, 3.63) is 0 Å². The van der Waals surface area contributed by atoms with E-state index in [1.165, 1.54) is 38.9 Å². The third-order valence-corrected chi connectivity index (χ3v) is 4.30. The number of hydrogen-bond donors (Lipinski definition) is 1. The van der Waals surface area contributed by atoms with E-state index >= 15 is 0 Å². The van der Waals surface area contributed by atoms with Crippen LogP contribution in [0.3, 0.4) is 0 Å². The van der Waals surface area contributed by atoms with Crippen LogP contribution in [0.1, 0.15) is 52.9 Å². The summed E-state index contributed by atoms with van der Waals surface area (Å²) in [5.74, 6) is 0. The molecule has 1 fully saturated rings. The van der Waals surface area contributed by atoms with Crippen LogP contribution >= 0.6 is 0 Å². The Morgan fingerprint density at radius 1 is 1.38 bits per heavy atom. The average Bonchev–Trinajstić information content (AvgIpc) is 2.80. The summed E-state index contributed by atoms with van der Waals surface area (Å²) in [5.41, 5.74) is -0.373. The average molecular weight is 294 g/mol. The van der Waals surface area contributed by atoms with E-state index in [4.69, 9.17) is 0 Å². The highest BCUT2D eigenvalue weighted by molar-refractivity contribution is 5.04. The number of likely N-dealkylation sites (N-methyl/N-ethyl adjacent to an activating group) is 1. The van der Waals surface area contributed by atoms with Gasteiger partial charge in [-0.25, -0.2) is 0 Å². The minimum absolute atomic E-state index is 0.359. The van der Waals surface area contributed by atoms with Gasteiger partial charge >= 0.3 is 0 Å². The number of nitriles is 1. The van der Waals surface area contributed by atoms with Gasteiger partial charge < -0.3 is 4.90 Å². The Hall–Kier alpha value is -0.630. The molecule has 0 amide bonds. The number of nitrogens with zero attached hydrogens (tertiary/aromatic N) is 3. The van der Waals surface area contributed by atoms with Crippen LogP contribution in [0.5, 0.6) is 0 Å². The van der Waals surface area contributed by atoms with E-state index < -0.39 is 0 Å². The molecule has 0 spiro atoms. The summed E-state index contributed by atoms with van der Waals surface area (Å²) in [6.07, 6.45) is 5.93. The van der Waals surface area contributed by atoms with Gasteiger partial charge in [0.05, 0.1) is 6.07 Å². The number of hydrogen-bond acceptors (Lipinski definition) is 4. The van der Waals surface area contributed by atoms with Crippen LogP contribution in [-0.4, -0.2) is 61.2 Å². The fourth-order valence-corrected chi connectivity index (χ4v) is 3.41. The molecule has 0 bridgehead atoms. The third-order valence-electron chi connectivity index (χ3n) is 4.30. The molecule has 0 aromatic rings. The second-order valence-electron chi connectivity index (χ2n) is 7.29. The normalized spacial score (nSPS) is 22.7. The Morgan fingerprint density at radius 2 is 2.10 bits per heavy atom. The van der Waals surface area contributed by atoms with Crippen molar-refractivity contribution in [3.63, 3.8) is 0 Å². The van der Waals surface area contributed by atoms with Crippen LogP contribution in [0.25, 0.3) is 0 Å². The molecular weight excluding hydrogens is 260 g/mol. The van der Waals surface area contributed by atoms with Gasteiger partial charge in [-0.05, 0) is 80.1 Å². The SMILES string of the molecule is CC(C)NC(C)(C#N)CCCCN1CCCC1CN(C)C. The van der Waals surface area contributed by atoms with E-state index in [9.17, 15) is 5.26 Å². The Labute approximate surface area is 131 Å². The minimum Gasteiger partial charge on any atom is -0.308 e. The van der Waals surface area contributed by atoms with Crippen molar-refractivity contribution in [1.82, 2.24) is 15.1 Å². The van der Waals surface area contributed by atoms with Crippen LogP contribution in [0.15, 0.2) is 0 Å². The fourth-order valence-electron chi connectivity index (χ4n) is 3.41. The first-order chi connectivity index (χ1) is 9.86. The van der Waals surface area contributed by atoms with Crippen LogP contribution in [-0.2, 0) is 0 Å². The van der Waals surface area contributed by atoms with Gasteiger partial charge in [-0.3, -0.25) is 10.2 Å². The lowest BCUT2D eigenvalue weighted by Crippen LogP contribution is -2.45. The molecule has 4 heteroatoms. The van der Waals surface area contributed by atoms with Crippen LogP contribution in [0.4, 0.5) is 0 Å². The van der Waals surface area contributed by atoms with E-state index in [-0.39, 0.29) is 5.54 Å². The van der Waals surface area contributed by atoms with Crippen molar-refractivity contribution in [2.75, 3.05) is 33.7 Å². The molecule has 2 atom stereocenters. The smallest absolute Gasteiger partial charge is 0.104 e. The van der Waals surface area contributed by atoms with E-state index in [0.717, 1.165) is 18.9 Å². The summed E-state index contributed by atoms with van der Waals surface area (Å²) in [6, 6.07) is 3.53. The maximum Gasteiger partial charge on any atom is 0.104 e. The molecule has 1 aliphatic rings. The summed E-state index contributed by atoms with van der Waals surface area (Å²) in [7, 11) is 4.32. The Bertz CT molecular complexity index is 334.